The van der Waals surface area contributed by atoms with Gasteiger partial charge in [-0.15, -0.1) is 0 Å². The van der Waals surface area contributed by atoms with E-state index >= 15 is 0 Å². The number of aromatic nitrogens is 1. The molecule has 7 nitrogen and oxygen atoms in total. The third-order valence-electron chi connectivity index (χ3n) is 5.49. The van der Waals surface area contributed by atoms with Crippen LogP contribution in [0.4, 0.5) is 0 Å². The van der Waals surface area contributed by atoms with Crippen molar-refractivity contribution in [3.8, 4) is 0 Å². The highest BCUT2D eigenvalue weighted by atomic mass is 16.5. The number of hydrogen-bond donors (Lipinski definition) is 0. The molecule has 29 heavy (non-hydrogen) atoms. The lowest BCUT2D eigenvalue weighted by atomic mass is 10.1. The molecule has 2 saturated heterocycles. The van der Waals surface area contributed by atoms with Crippen LogP contribution in [0.25, 0.3) is 0 Å². The van der Waals surface area contributed by atoms with Crippen molar-refractivity contribution in [1.82, 2.24) is 19.7 Å². The molecule has 3 heterocycles. The molecule has 0 saturated carbocycles. The summed E-state index contributed by atoms with van der Waals surface area (Å²) in [5, 5.41) is 0. The van der Waals surface area contributed by atoms with Crippen LogP contribution in [0.5, 0.6) is 0 Å². The van der Waals surface area contributed by atoms with Gasteiger partial charge in [-0.25, -0.2) is 0 Å². The summed E-state index contributed by atoms with van der Waals surface area (Å²) >= 11 is 0. The van der Waals surface area contributed by atoms with Gasteiger partial charge in [-0.2, -0.15) is 0 Å². The van der Waals surface area contributed by atoms with Crippen molar-refractivity contribution >= 4 is 11.8 Å². The van der Waals surface area contributed by atoms with E-state index in [0.29, 0.717) is 45.0 Å². The maximum Gasteiger partial charge on any atom is 0.256 e. The normalized spacial score (nSPS) is 20.5. The first-order valence-corrected chi connectivity index (χ1v) is 10.1. The second-order valence-electron chi connectivity index (χ2n) is 7.41. The molecule has 2 fully saturated rings. The Balaban J connectivity index is 1.53. The zero-order valence-electron chi connectivity index (χ0n) is 16.4. The minimum atomic E-state index is -0.502. The van der Waals surface area contributed by atoms with Crippen molar-refractivity contribution in [2.24, 2.45) is 0 Å². The Hall–Kier alpha value is -2.77. The van der Waals surface area contributed by atoms with Crippen molar-refractivity contribution in [2.45, 2.75) is 12.6 Å². The van der Waals surface area contributed by atoms with E-state index in [0.717, 1.165) is 13.1 Å². The molecule has 1 unspecified atom stereocenters. The van der Waals surface area contributed by atoms with E-state index in [1.54, 1.807) is 29.4 Å². The molecule has 0 bridgehead atoms. The lowest BCUT2D eigenvalue weighted by molar-refractivity contribution is -0.142. The van der Waals surface area contributed by atoms with Gasteiger partial charge in [0, 0.05) is 51.7 Å². The predicted molar refractivity (Wildman–Crippen MR) is 108 cm³/mol. The van der Waals surface area contributed by atoms with E-state index in [1.165, 1.54) is 5.56 Å². The molecule has 0 spiro atoms. The minimum Gasteiger partial charge on any atom is -0.378 e. The highest BCUT2D eigenvalue weighted by molar-refractivity contribution is 5.97. The van der Waals surface area contributed by atoms with Crippen molar-refractivity contribution in [1.29, 1.82) is 0 Å². The van der Waals surface area contributed by atoms with Crippen LogP contribution >= 0.6 is 0 Å². The van der Waals surface area contributed by atoms with Crippen LogP contribution in [0.3, 0.4) is 0 Å². The van der Waals surface area contributed by atoms with Gasteiger partial charge in [0.25, 0.3) is 5.91 Å². The van der Waals surface area contributed by atoms with E-state index in [9.17, 15) is 9.59 Å². The quantitative estimate of drug-likeness (QED) is 0.781. The average Bonchev–Trinajstić information content (AvgIpc) is 2.80. The summed E-state index contributed by atoms with van der Waals surface area (Å²) in [6.45, 7) is 4.77. The molecule has 0 N–H and O–H groups in total. The number of nitrogens with zero attached hydrogens (tertiary/aromatic N) is 4. The van der Waals surface area contributed by atoms with Crippen molar-refractivity contribution < 1.29 is 14.3 Å². The molecular formula is C22H26N4O3. The standard InChI is InChI=1S/C22H26N4O3/c27-21(19-7-4-8-23-15-19)26-10-9-24(16-18-5-2-1-3-6-18)17-20(26)22(28)25-11-13-29-14-12-25/h1-8,15,20H,9-14,16-17H2. The Morgan fingerprint density at radius 1 is 1.00 bits per heavy atom. The number of benzene rings is 1. The predicted octanol–water partition coefficient (Wildman–Crippen LogP) is 1.27. The summed E-state index contributed by atoms with van der Waals surface area (Å²) in [5.41, 5.74) is 1.72. The van der Waals surface area contributed by atoms with Gasteiger partial charge >= 0.3 is 0 Å². The van der Waals surface area contributed by atoms with Gasteiger partial charge in [-0.3, -0.25) is 19.5 Å². The third-order valence-corrected chi connectivity index (χ3v) is 5.49. The fourth-order valence-electron chi connectivity index (χ4n) is 3.93. The molecule has 0 radical (unpaired) electrons. The molecule has 152 valence electrons. The van der Waals surface area contributed by atoms with E-state index < -0.39 is 6.04 Å². The lowest BCUT2D eigenvalue weighted by Gasteiger charge is -2.43. The number of carbonyl (C=O) groups is 2. The van der Waals surface area contributed by atoms with E-state index in [2.05, 4.69) is 22.0 Å². The zero-order chi connectivity index (χ0) is 20.1. The van der Waals surface area contributed by atoms with E-state index in [-0.39, 0.29) is 11.8 Å². The van der Waals surface area contributed by atoms with Gasteiger partial charge in [0.1, 0.15) is 6.04 Å². The topological polar surface area (TPSA) is 66.0 Å². The Kier molecular flexibility index (Phi) is 6.17. The maximum atomic E-state index is 13.3. The molecular weight excluding hydrogens is 368 g/mol. The summed E-state index contributed by atoms with van der Waals surface area (Å²) in [5.74, 6) is -0.132. The molecule has 1 atom stereocenters. The van der Waals surface area contributed by atoms with Gasteiger partial charge < -0.3 is 14.5 Å². The monoisotopic (exact) mass is 394 g/mol. The number of morpholine rings is 1. The van der Waals surface area contributed by atoms with Gasteiger partial charge in [0.05, 0.1) is 18.8 Å². The van der Waals surface area contributed by atoms with Gasteiger partial charge in [-0.05, 0) is 17.7 Å². The van der Waals surface area contributed by atoms with Crippen LogP contribution in [0.1, 0.15) is 15.9 Å². The number of piperazine rings is 1. The first kappa shape index (κ1) is 19.5. The van der Waals surface area contributed by atoms with Crippen molar-refractivity contribution in [2.75, 3.05) is 45.9 Å². The molecule has 2 aliphatic rings. The zero-order valence-corrected chi connectivity index (χ0v) is 16.4. The van der Waals surface area contributed by atoms with Crippen LogP contribution in [-0.4, -0.2) is 83.5 Å². The molecule has 0 aliphatic carbocycles. The number of amides is 2. The number of ether oxygens (including phenoxy) is 1. The van der Waals surface area contributed by atoms with Crippen molar-refractivity contribution in [3.63, 3.8) is 0 Å². The van der Waals surface area contributed by atoms with E-state index in [1.807, 2.05) is 23.1 Å². The summed E-state index contributed by atoms with van der Waals surface area (Å²) < 4.78 is 5.39. The molecule has 1 aromatic carbocycles. The summed E-state index contributed by atoms with van der Waals surface area (Å²) in [6, 6.07) is 13.2. The molecule has 7 heteroatoms. The average molecular weight is 394 g/mol. The Bertz CT molecular complexity index is 824. The third kappa shape index (κ3) is 4.63. The Morgan fingerprint density at radius 2 is 1.79 bits per heavy atom. The first-order valence-electron chi connectivity index (χ1n) is 10.1. The SMILES string of the molecule is O=C(C1CN(Cc2ccccc2)CCN1C(=O)c1cccnc1)N1CCOCC1. The second-order valence-corrected chi connectivity index (χ2v) is 7.41. The van der Waals surface area contributed by atoms with Gasteiger partial charge in [0.15, 0.2) is 0 Å². The minimum absolute atomic E-state index is 0.00306. The smallest absolute Gasteiger partial charge is 0.256 e. The van der Waals surface area contributed by atoms with Crippen LogP contribution in [-0.2, 0) is 16.1 Å². The van der Waals surface area contributed by atoms with Crippen LogP contribution in [0.15, 0.2) is 54.9 Å². The number of pyridine rings is 1. The molecule has 2 amide bonds. The fourth-order valence-corrected chi connectivity index (χ4v) is 3.93. The van der Waals surface area contributed by atoms with Gasteiger partial charge in [0.2, 0.25) is 5.91 Å². The largest absolute Gasteiger partial charge is 0.378 e. The second kappa shape index (κ2) is 9.15. The number of hydrogen-bond acceptors (Lipinski definition) is 5. The first-order chi connectivity index (χ1) is 14.2. The lowest BCUT2D eigenvalue weighted by Crippen LogP contribution is -2.61. The Morgan fingerprint density at radius 3 is 2.52 bits per heavy atom. The van der Waals surface area contributed by atoms with Crippen molar-refractivity contribution in [3.05, 3.63) is 66.0 Å². The molecule has 2 aromatic rings. The summed E-state index contributed by atoms with van der Waals surface area (Å²) in [4.78, 5) is 36.3. The Labute approximate surface area is 170 Å². The maximum absolute atomic E-state index is 13.3. The highest BCUT2D eigenvalue weighted by Gasteiger charge is 2.38. The molecule has 1 aromatic heterocycles. The summed E-state index contributed by atoms with van der Waals surface area (Å²) in [6.07, 6.45) is 3.21. The van der Waals surface area contributed by atoms with Gasteiger partial charge in [-0.1, -0.05) is 30.3 Å². The molecule has 2 aliphatic heterocycles. The van der Waals surface area contributed by atoms with Crippen LogP contribution < -0.4 is 0 Å². The highest BCUT2D eigenvalue weighted by Crippen LogP contribution is 2.19. The number of carbonyl (C=O) groups excluding carboxylic acids is 2. The van der Waals surface area contributed by atoms with E-state index in [4.69, 9.17) is 4.74 Å². The van der Waals surface area contributed by atoms with Crippen LogP contribution in [0.2, 0.25) is 0 Å². The fraction of sp³-hybridized carbons (Fsp3) is 0.409. The van der Waals surface area contributed by atoms with Crippen LogP contribution in [0, 0.1) is 0 Å². The number of rotatable bonds is 4. The molecule has 4 rings (SSSR count). The summed E-state index contributed by atoms with van der Waals surface area (Å²) in [7, 11) is 0.